The molecule has 1 heterocycles. The summed E-state index contributed by atoms with van der Waals surface area (Å²) in [6.07, 6.45) is -4.37. The topological polar surface area (TPSA) is 70.6 Å². The highest BCUT2D eigenvalue weighted by molar-refractivity contribution is 7.91. The third kappa shape index (κ3) is 4.47. The normalized spacial score (nSPS) is 17.1. The zero-order valence-electron chi connectivity index (χ0n) is 14.0. The number of hydrogen-bond donors (Lipinski definition) is 2. The summed E-state index contributed by atoms with van der Waals surface area (Å²) < 4.78 is 75.4. The summed E-state index contributed by atoms with van der Waals surface area (Å²) in [6, 6.07) is 7.56. The summed E-state index contributed by atoms with van der Waals surface area (Å²) in [7, 11) is -3.51. The number of sulfone groups is 1. The van der Waals surface area contributed by atoms with Crippen LogP contribution in [0.3, 0.4) is 0 Å². The van der Waals surface area contributed by atoms with Crippen LogP contribution in [0.4, 0.5) is 23.2 Å². The van der Waals surface area contributed by atoms with Gasteiger partial charge in [-0.25, -0.2) is 12.8 Å². The maximum Gasteiger partial charge on any atom is 0.416 e. The Labute approximate surface area is 163 Å². The Morgan fingerprint density at radius 1 is 1.11 bits per heavy atom. The molecule has 0 saturated heterocycles. The van der Waals surface area contributed by atoms with Crippen LogP contribution < -0.4 is 10.7 Å². The average molecular weight is 431 g/mol. The molecular weight excluding hydrogens is 418 g/mol. The van der Waals surface area contributed by atoms with E-state index in [1.165, 1.54) is 18.2 Å². The summed E-state index contributed by atoms with van der Waals surface area (Å²) >= 11 is 5.04. The highest BCUT2D eigenvalue weighted by atomic mass is 32.2. The van der Waals surface area contributed by atoms with Gasteiger partial charge in [0.15, 0.2) is 14.9 Å². The number of fused-ring (bicyclic) bond motifs is 1. The first-order valence-corrected chi connectivity index (χ1v) is 9.96. The van der Waals surface area contributed by atoms with Gasteiger partial charge in [-0.15, -0.1) is 0 Å². The number of thiocarbonyl (C=S) groups is 1. The van der Waals surface area contributed by atoms with E-state index in [0.29, 0.717) is 11.4 Å². The molecule has 3 rings (SSSR count). The lowest BCUT2D eigenvalue weighted by Crippen LogP contribution is -2.28. The number of nitrogens with one attached hydrogen (secondary N) is 2. The van der Waals surface area contributed by atoms with Gasteiger partial charge >= 0.3 is 6.18 Å². The summed E-state index contributed by atoms with van der Waals surface area (Å²) in [5, 5.41) is 6.69. The lowest BCUT2D eigenvalue weighted by atomic mass is 10.1. The number of hydrogen-bond acceptors (Lipinski definition) is 4. The highest BCUT2D eigenvalue weighted by Crippen LogP contribution is 2.30. The quantitative estimate of drug-likeness (QED) is 0.328. The molecule has 0 saturated carbocycles. The Morgan fingerprint density at radius 3 is 2.43 bits per heavy atom. The smallest absolute Gasteiger partial charge is 0.331 e. The van der Waals surface area contributed by atoms with Crippen LogP contribution >= 0.6 is 12.2 Å². The number of anilines is 1. The van der Waals surface area contributed by atoms with Crippen molar-refractivity contribution in [3.63, 3.8) is 0 Å². The molecule has 0 fully saturated rings. The van der Waals surface area contributed by atoms with Crippen molar-refractivity contribution in [2.24, 2.45) is 5.10 Å². The van der Waals surface area contributed by atoms with Gasteiger partial charge in [0, 0.05) is 17.7 Å². The third-order valence-corrected chi connectivity index (χ3v) is 5.92. The molecule has 0 amide bonds. The van der Waals surface area contributed by atoms with Crippen LogP contribution in [0.1, 0.15) is 17.5 Å². The molecule has 0 unspecified atom stereocenters. The summed E-state index contributed by atoms with van der Waals surface area (Å²) in [5.41, 5.74) is 2.47. The number of benzene rings is 2. The lowest BCUT2D eigenvalue weighted by molar-refractivity contribution is -0.137. The first-order valence-electron chi connectivity index (χ1n) is 7.90. The molecule has 5 nitrogen and oxygen atoms in total. The van der Waals surface area contributed by atoms with E-state index in [1.54, 1.807) is 0 Å². The Bertz CT molecular complexity index is 1050. The molecule has 1 aliphatic heterocycles. The zero-order valence-corrected chi connectivity index (χ0v) is 15.7. The van der Waals surface area contributed by atoms with Crippen molar-refractivity contribution in [3.05, 3.63) is 59.4 Å². The summed E-state index contributed by atoms with van der Waals surface area (Å²) in [6.45, 7) is 0. The molecule has 0 radical (unpaired) electrons. The van der Waals surface area contributed by atoms with Crippen LogP contribution in [-0.4, -0.2) is 25.0 Å². The number of nitrogens with zero attached hydrogens (tertiary/aromatic N) is 1. The van der Waals surface area contributed by atoms with Gasteiger partial charge in [0.05, 0.1) is 21.9 Å². The predicted molar refractivity (Wildman–Crippen MR) is 100 cm³/mol. The van der Waals surface area contributed by atoms with E-state index in [2.05, 4.69) is 15.8 Å². The van der Waals surface area contributed by atoms with Crippen LogP contribution in [0.2, 0.25) is 0 Å². The Hall–Kier alpha value is -2.53. The largest absolute Gasteiger partial charge is 0.416 e. The number of halogens is 4. The summed E-state index contributed by atoms with van der Waals surface area (Å²) in [5.74, 6) is -0.778. The van der Waals surface area contributed by atoms with E-state index >= 15 is 0 Å². The van der Waals surface area contributed by atoms with Gasteiger partial charge in [0.1, 0.15) is 5.82 Å². The van der Waals surface area contributed by atoms with Crippen LogP contribution in [0, 0.1) is 5.82 Å². The van der Waals surface area contributed by atoms with Crippen LogP contribution in [-0.2, 0) is 16.0 Å². The van der Waals surface area contributed by atoms with Gasteiger partial charge in [-0.3, -0.25) is 5.43 Å². The SMILES string of the molecule is O=S1(=O)CC/C(=N\NC(=S)Nc2ccc(C(F)(F)F)cc2)c2cc(F)ccc21. The second-order valence-corrected chi connectivity index (χ2v) is 8.39. The second kappa shape index (κ2) is 7.47. The number of alkyl halides is 3. The second-order valence-electron chi connectivity index (χ2n) is 5.91. The zero-order chi connectivity index (χ0) is 20.5. The maximum atomic E-state index is 13.5. The van der Waals surface area contributed by atoms with Crippen LogP contribution in [0.25, 0.3) is 0 Å². The molecule has 0 aromatic heterocycles. The van der Waals surface area contributed by atoms with Crippen LogP contribution in [0.15, 0.2) is 52.5 Å². The minimum absolute atomic E-state index is 0.0117. The first kappa shape index (κ1) is 20.2. The average Bonchev–Trinajstić information content (AvgIpc) is 2.60. The van der Waals surface area contributed by atoms with E-state index in [-0.39, 0.29) is 27.7 Å². The van der Waals surface area contributed by atoms with Crippen molar-refractivity contribution >= 4 is 38.6 Å². The summed E-state index contributed by atoms with van der Waals surface area (Å²) in [4.78, 5) is -0.0117. The van der Waals surface area contributed by atoms with E-state index in [9.17, 15) is 26.0 Å². The molecule has 148 valence electrons. The van der Waals surface area contributed by atoms with Crippen molar-refractivity contribution in [1.29, 1.82) is 0 Å². The first-order chi connectivity index (χ1) is 13.1. The molecular formula is C17H13F4N3O2S2. The van der Waals surface area contributed by atoms with E-state index in [1.807, 2.05) is 0 Å². The van der Waals surface area contributed by atoms with Crippen molar-refractivity contribution in [1.82, 2.24) is 5.43 Å². The molecule has 28 heavy (non-hydrogen) atoms. The fraction of sp³-hybridized carbons (Fsp3) is 0.176. The standard InChI is InChI=1S/C17H13F4N3O2S2/c18-11-3-6-15-13(9-11)14(7-8-28(15,25)26)23-24-16(27)22-12-4-1-10(2-5-12)17(19,20)21/h1-6,9H,7-8H2,(H2,22,24,27)/b23-14+. The van der Waals surface area contributed by atoms with Gasteiger partial charge in [-0.05, 0) is 54.7 Å². The van der Waals surface area contributed by atoms with Crippen molar-refractivity contribution < 1.29 is 26.0 Å². The molecule has 11 heteroatoms. The van der Waals surface area contributed by atoms with Gasteiger partial charge in [0.2, 0.25) is 0 Å². The van der Waals surface area contributed by atoms with Gasteiger partial charge < -0.3 is 5.32 Å². The van der Waals surface area contributed by atoms with Gasteiger partial charge in [-0.1, -0.05) is 0 Å². The Morgan fingerprint density at radius 2 is 1.79 bits per heavy atom. The van der Waals surface area contributed by atoms with Crippen molar-refractivity contribution in [3.8, 4) is 0 Å². The van der Waals surface area contributed by atoms with Crippen molar-refractivity contribution in [2.45, 2.75) is 17.5 Å². The van der Waals surface area contributed by atoms with Crippen molar-refractivity contribution in [2.75, 3.05) is 11.1 Å². The van der Waals surface area contributed by atoms with Crippen LogP contribution in [0.5, 0.6) is 0 Å². The maximum absolute atomic E-state index is 13.5. The number of rotatable bonds is 2. The Kier molecular flexibility index (Phi) is 5.39. The molecule has 0 aliphatic carbocycles. The van der Waals surface area contributed by atoms with E-state index < -0.39 is 27.4 Å². The van der Waals surface area contributed by atoms with Gasteiger partial charge in [-0.2, -0.15) is 18.3 Å². The molecule has 0 atom stereocenters. The molecule has 1 aliphatic rings. The minimum Gasteiger partial charge on any atom is -0.331 e. The molecule has 2 aromatic carbocycles. The lowest BCUT2D eigenvalue weighted by Gasteiger charge is -2.18. The molecule has 2 aromatic rings. The molecule has 2 N–H and O–H groups in total. The Balaban J connectivity index is 1.74. The highest BCUT2D eigenvalue weighted by Gasteiger charge is 2.30. The van der Waals surface area contributed by atoms with Gasteiger partial charge in [0.25, 0.3) is 0 Å². The predicted octanol–water partition coefficient (Wildman–Crippen LogP) is 3.71. The fourth-order valence-corrected chi connectivity index (χ4v) is 4.24. The minimum atomic E-state index is -4.44. The monoisotopic (exact) mass is 431 g/mol. The fourth-order valence-electron chi connectivity index (χ4n) is 2.61. The van der Waals surface area contributed by atoms with E-state index in [4.69, 9.17) is 12.2 Å². The third-order valence-electron chi connectivity index (χ3n) is 3.96. The molecule has 0 bridgehead atoms. The van der Waals surface area contributed by atoms with E-state index in [0.717, 1.165) is 24.3 Å². The molecule has 0 spiro atoms. The number of hydrazone groups is 1.